The molecule has 0 saturated carbocycles. The van der Waals surface area contributed by atoms with Crippen LogP contribution >= 0.6 is 23.2 Å². The molecule has 0 N–H and O–H groups in total. The SMILES string of the molecule is CCc1c(Cl)nc(Cl)nc1Cc1cc(C)cc(C)c1. The van der Waals surface area contributed by atoms with Gasteiger partial charge in [0, 0.05) is 12.0 Å². The van der Waals surface area contributed by atoms with Crippen molar-refractivity contribution in [1.82, 2.24) is 9.97 Å². The minimum Gasteiger partial charge on any atom is -0.222 e. The molecular formula is C15H16Cl2N2. The van der Waals surface area contributed by atoms with Gasteiger partial charge in [0.2, 0.25) is 5.28 Å². The molecular weight excluding hydrogens is 279 g/mol. The third-order valence-corrected chi connectivity index (χ3v) is 3.50. The Hall–Kier alpha value is -1.12. The number of hydrogen-bond donors (Lipinski definition) is 0. The Morgan fingerprint density at radius 2 is 1.63 bits per heavy atom. The van der Waals surface area contributed by atoms with E-state index in [1.807, 2.05) is 6.92 Å². The van der Waals surface area contributed by atoms with E-state index in [-0.39, 0.29) is 5.28 Å². The van der Waals surface area contributed by atoms with Crippen LogP contribution in [0.15, 0.2) is 18.2 Å². The van der Waals surface area contributed by atoms with E-state index >= 15 is 0 Å². The average molecular weight is 295 g/mol. The molecule has 1 aromatic heterocycles. The predicted octanol–water partition coefficient (Wildman–Crippen LogP) is 4.55. The van der Waals surface area contributed by atoms with Gasteiger partial charge in [-0.2, -0.15) is 0 Å². The van der Waals surface area contributed by atoms with Crippen molar-refractivity contribution in [3.05, 3.63) is 56.6 Å². The van der Waals surface area contributed by atoms with Gasteiger partial charge in [-0.25, -0.2) is 9.97 Å². The highest BCUT2D eigenvalue weighted by Crippen LogP contribution is 2.22. The Morgan fingerprint density at radius 1 is 1.00 bits per heavy atom. The van der Waals surface area contributed by atoms with E-state index in [1.54, 1.807) is 0 Å². The summed E-state index contributed by atoms with van der Waals surface area (Å²) < 4.78 is 0. The van der Waals surface area contributed by atoms with Crippen molar-refractivity contribution in [2.75, 3.05) is 0 Å². The number of nitrogens with zero attached hydrogens (tertiary/aromatic N) is 2. The summed E-state index contributed by atoms with van der Waals surface area (Å²) in [5.41, 5.74) is 5.61. The first-order chi connectivity index (χ1) is 8.99. The largest absolute Gasteiger partial charge is 0.224 e. The molecule has 0 aliphatic rings. The lowest BCUT2D eigenvalue weighted by atomic mass is 10.0. The molecule has 0 atom stereocenters. The summed E-state index contributed by atoms with van der Waals surface area (Å²) in [7, 11) is 0. The van der Waals surface area contributed by atoms with Crippen LogP contribution in [0.3, 0.4) is 0 Å². The molecule has 0 spiro atoms. The first kappa shape index (κ1) is 14.3. The molecule has 2 rings (SSSR count). The zero-order valence-corrected chi connectivity index (χ0v) is 12.8. The number of rotatable bonds is 3. The van der Waals surface area contributed by atoms with Crippen LogP contribution in [0.1, 0.15) is 34.9 Å². The number of benzene rings is 1. The molecule has 0 unspecified atom stereocenters. The van der Waals surface area contributed by atoms with Gasteiger partial charge in [-0.15, -0.1) is 0 Å². The second kappa shape index (κ2) is 5.89. The summed E-state index contributed by atoms with van der Waals surface area (Å²) in [4.78, 5) is 8.33. The first-order valence-electron chi connectivity index (χ1n) is 6.27. The molecule has 19 heavy (non-hydrogen) atoms. The molecule has 0 fully saturated rings. The van der Waals surface area contributed by atoms with Gasteiger partial charge in [0.05, 0.1) is 5.69 Å². The van der Waals surface area contributed by atoms with Crippen molar-refractivity contribution in [1.29, 1.82) is 0 Å². The van der Waals surface area contributed by atoms with E-state index in [9.17, 15) is 0 Å². The Labute approximate surface area is 123 Å². The highest BCUT2D eigenvalue weighted by Gasteiger charge is 2.11. The standard InChI is InChI=1S/C15H16Cl2N2/c1-4-12-13(18-15(17)19-14(12)16)8-11-6-9(2)5-10(3)7-11/h5-7H,4,8H2,1-3H3. The number of aromatic nitrogens is 2. The molecule has 0 radical (unpaired) electrons. The third kappa shape index (κ3) is 3.46. The molecule has 4 heteroatoms. The van der Waals surface area contributed by atoms with Crippen LogP contribution in [0, 0.1) is 13.8 Å². The Morgan fingerprint density at radius 3 is 2.21 bits per heavy atom. The Bertz CT molecular complexity index is 589. The fourth-order valence-corrected chi connectivity index (χ4v) is 2.88. The third-order valence-electron chi connectivity index (χ3n) is 3.02. The lowest BCUT2D eigenvalue weighted by Crippen LogP contribution is -2.02. The van der Waals surface area contributed by atoms with Crippen LogP contribution in [0.5, 0.6) is 0 Å². The van der Waals surface area contributed by atoms with E-state index in [4.69, 9.17) is 23.2 Å². The highest BCUT2D eigenvalue weighted by atomic mass is 35.5. The first-order valence-corrected chi connectivity index (χ1v) is 7.03. The smallest absolute Gasteiger partial charge is 0.222 e. The minimum absolute atomic E-state index is 0.210. The van der Waals surface area contributed by atoms with Crippen LogP contribution < -0.4 is 0 Å². The topological polar surface area (TPSA) is 25.8 Å². The summed E-state index contributed by atoms with van der Waals surface area (Å²) in [6, 6.07) is 6.48. The van der Waals surface area contributed by atoms with Gasteiger partial charge in [-0.05, 0) is 37.4 Å². The zero-order chi connectivity index (χ0) is 14.0. The minimum atomic E-state index is 0.210. The molecule has 0 aliphatic carbocycles. The van der Waals surface area contributed by atoms with Gasteiger partial charge in [0.1, 0.15) is 5.15 Å². The maximum Gasteiger partial charge on any atom is 0.224 e. The molecule has 2 aromatic rings. The van der Waals surface area contributed by atoms with Gasteiger partial charge >= 0.3 is 0 Å². The van der Waals surface area contributed by atoms with E-state index in [0.717, 1.165) is 24.1 Å². The molecule has 100 valence electrons. The number of halogens is 2. The van der Waals surface area contributed by atoms with Crippen molar-refractivity contribution >= 4 is 23.2 Å². The highest BCUT2D eigenvalue weighted by molar-refractivity contribution is 6.32. The second-order valence-corrected chi connectivity index (χ2v) is 5.43. The fourth-order valence-electron chi connectivity index (χ4n) is 2.33. The second-order valence-electron chi connectivity index (χ2n) is 4.73. The molecule has 2 nitrogen and oxygen atoms in total. The molecule has 0 amide bonds. The number of aryl methyl sites for hydroxylation is 2. The van der Waals surface area contributed by atoms with E-state index in [0.29, 0.717) is 5.15 Å². The van der Waals surface area contributed by atoms with Gasteiger partial charge < -0.3 is 0 Å². The van der Waals surface area contributed by atoms with Crippen LogP contribution in [0.2, 0.25) is 10.4 Å². The summed E-state index contributed by atoms with van der Waals surface area (Å²) in [5.74, 6) is 0. The maximum atomic E-state index is 6.13. The quantitative estimate of drug-likeness (QED) is 0.613. The molecule has 0 bridgehead atoms. The predicted molar refractivity (Wildman–Crippen MR) is 80.2 cm³/mol. The lowest BCUT2D eigenvalue weighted by Gasteiger charge is -2.10. The molecule has 1 aromatic carbocycles. The van der Waals surface area contributed by atoms with Crippen LogP contribution in [0.4, 0.5) is 0 Å². The van der Waals surface area contributed by atoms with E-state index in [2.05, 4.69) is 42.0 Å². The van der Waals surface area contributed by atoms with E-state index < -0.39 is 0 Å². The Balaban J connectivity index is 2.42. The zero-order valence-electron chi connectivity index (χ0n) is 11.3. The number of hydrogen-bond acceptors (Lipinski definition) is 2. The van der Waals surface area contributed by atoms with Crippen molar-refractivity contribution in [2.24, 2.45) is 0 Å². The van der Waals surface area contributed by atoms with Crippen molar-refractivity contribution in [3.8, 4) is 0 Å². The fraction of sp³-hybridized carbons (Fsp3) is 0.333. The van der Waals surface area contributed by atoms with Crippen LogP contribution in [-0.4, -0.2) is 9.97 Å². The maximum absolute atomic E-state index is 6.13. The van der Waals surface area contributed by atoms with Crippen molar-refractivity contribution in [3.63, 3.8) is 0 Å². The monoisotopic (exact) mass is 294 g/mol. The van der Waals surface area contributed by atoms with Gasteiger partial charge in [-0.1, -0.05) is 47.9 Å². The molecule has 0 aliphatic heterocycles. The van der Waals surface area contributed by atoms with Crippen LogP contribution in [0.25, 0.3) is 0 Å². The van der Waals surface area contributed by atoms with Crippen molar-refractivity contribution in [2.45, 2.75) is 33.6 Å². The summed E-state index contributed by atoms with van der Waals surface area (Å²) in [5, 5.41) is 0.670. The van der Waals surface area contributed by atoms with Gasteiger partial charge in [-0.3, -0.25) is 0 Å². The normalized spacial score (nSPS) is 10.8. The van der Waals surface area contributed by atoms with Crippen LogP contribution in [-0.2, 0) is 12.8 Å². The molecule has 1 heterocycles. The summed E-state index contributed by atoms with van der Waals surface area (Å²) in [6.45, 7) is 6.23. The van der Waals surface area contributed by atoms with E-state index in [1.165, 1.54) is 16.7 Å². The average Bonchev–Trinajstić information content (AvgIpc) is 2.26. The Kier molecular flexibility index (Phi) is 4.43. The lowest BCUT2D eigenvalue weighted by molar-refractivity contribution is 0.948. The van der Waals surface area contributed by atoms with Crippen molar-refractivity contribution < 1.29 is 0 Å². The summed E-state index contributed by atoms with van der Waals surface area (Å²) in [6.07, 6.45) is 1.53. The molecule has 0 saturated heterocycles. The summed E-state index contributed by atoms with van der Waals surface area (Å²) >= 11 is 12.0. The van der Waals surface area contributed by atoms with Gasteiger partial charge in [0.15, 0.2) is 0 Å². The van der Waals surface area contributed by atoms with Gasteiger partial charge in [0.25, 0.3) is 0 Å².